The lowest BCUT2D eigenvalue weighted by Crippen LogP contribution is -2.04. The van der Waals surface area contributed by atoms with Gasteiger partial charge in [0.05, 0.1) is 11.5 Å². The van der Waals surface area contributed by atoms with Crippen molar-refractivity contribution in [3.05, 3.63) is 33.9 Å². The van der Waals surface area contributed by atoms with Crippen LogP contribution >= 0.6 is 0 Å². The van der Waals surface area contributed by atoms with Gasteiger partial charge in [-0.2, -0.15) is 8.42 Å². The van der Waals surface area contributed by atoms with E-state index in [4.69, 9.17) is 9.66 Å². The molecule has 1 rings (SSSR count). The molecule has 15 heavy (non-hydrogen) atoms. The van der Waals surface area contributed by atoms with Crippen LogP contribution in [-0.4, -0.2) is 23.0 Å². The molecule has 0 atom stereocenters. The maximum Gasteiger partial charge on any atom is 0.301 e. The van der Waals surface area contributed by atoms with Crippen molar-refractivity contribution in [1.29, 1.82) is 0 Å². The highest BCUT2D eigenvalue weighted by Gasteiger charge is 2.23. The molecular formula is C7H7NO6S. The maximum atomic E-state index is 10.8. The molecule has 7 nitrogen and oxygen atoms in total. The summed E-state index contributed by atoms with van der Waals surface area (Å²) in [6, 6.07) is 2.97. The Morgan fingerprint density at radius 2 is 2.00 bits per heavy atom. The van der Waals surface area contributed by atoms with Crippen molar-refractivity contribution in [1.82, 2.24) is 0 Å². The van der Waals surface area contributed by atoms with E-state index in [0.717, 1.165) is 12.1 Å². The Labute approximate surface area is 84.9 Å². The lowest BCUT2D eigenvalue weighted by atomic mass is 10.2. The fourth-order valence-electron chi connectivity index (χ4n) is 1.01. The van der Waals surface area contributed by atoms with Gasteiger partial charge in [0, 0.05) is 6.07 Å². The summed E-state index contributed by atoms with van der Waals surface area (Å²) in [5.41, 5.74) is -0.567. The van der Waals surface area contributed by atoms with Gasteiger partial charge >= 0.3 is 10.1 Å². The van der Waals surface area contributed by atoms with E-state index in [1.54, 1.807) is 0 Å². The summed E-state index contributed by atoms with van der Waals surface area (Å²) >= 11 is 0. The molecule has 1 aromatic rings. The van der Waals surface area contributed by atoms with Crippen molar-refractivity contribution < 1.29 is 23.0 Å². The molecule has 82 valence electrons. The number of aliphatic hydroxyl groups is 1. The zero-order chi connectivity index (χ0) is 11.6. The summed E-state index contributed by atoms with van der Waals surface area (Å²) in [5, 5.41) is 19.1. The number of hydrogen-bond acceptors (Lipinski definition) is 5. The summed E-state index contributed by atoms with van der Waals surface area (Å²) in [6.07, 6.45) is 0. The highest BCUT2D eigenvalue weighted by Crippen LogP contribution is 2.24. The van der Waals surface area contributed by atoms with E-state index in [2.05, 4.69) is 0 Å². The fraction of sp³-hybridized carbons (Fsp3) is 0.143. The Morgan fingerprint density at radius 1 is 1.40 bits per heavy atom. The van der Waals surface area contributed by atoms with Crippen molar-refractivity contribution in [3.63, 3.8) is 0 Å². The molecule has 8 heteroatoms. The molecule has 0 aliphatic rings. The summed E-state index contributed by atoms with van der Waals surface area (Å²) in [5.74, 6) is 0. The van der Waals surface area contributed by atoms with E-state index in [-0.39, 0.29) is 5.56 Å². The van der Waals surface area contributed by atoms with Crippen LogP contribution in [0.4, 0.5) is 5.69 Å². The molecule has 0 radical (unpaired) electrons. The van der Waals surface area contributed by atoms with E-state index in [9.17, 15) is 18.5 Å². The van der Waals surface area contributed by atoms with Crippen molar-refractivity contribution in [2.75, 3.05) is 0 Å². The van der Waals surface area contributed by atoms with Crippen molar-refractivity contribution in [2.24, 2.45) is 0 Å². The largest absolute Gasteiger partial charge is 0.392 e. The summed E-state index contributed by atoms with van der Waals surface area (Å²) in [7, 11) is -4.66. The van der Waals surface area contributed by atoms with E-state index in [1.165, 1.54) is 6.07 Å². The Bertz CT molecular complexity index is 494. The van der Waals surface area contributed by atoms with Crippen molar-refractivity contribution in [3.8, 4) is 0 Å². The number of nitro benzene ring substituents is 1. The molecule has 0 aromatic heterocycles. The van der Waals surface area contributed by atoms with Crippen LogP contribution in [0.1, 0.15) is 5.56 Å². The minimum atomic E-state index is -4.66. The predicted octanol–water partition coefficient (Wildman–Crippen LogP) is 0.334. The molecule has 0 aliphatic heterocycles. The third-order valence-corrected chi connectivity index (χ3v) is 2.56. The van der Waals surface area contributed by atoms with Crippen LogP contribution < -0.4 is 0 Å². The predicted molar refractivity (Wildman–Crippen MR) is 48.8 cm³/mol. The topological polar surface area (TPSA) is 118 Å². The van der Waals surface area contributed by atoms with Gasteiger partial charge in [-0.3, -0.25) is 14.7 Å². The standard InChI is InChI=1S/C7H7NO6S/c9-4-5-1-2-6(8(10)11)7(3-5)15(12,13)14/h1-3,9H,4H2,(H,12,13,14). The summed E-state index contributed by atoms with van der Waals surface area (Å²) in [6.45, 7) is -0.472. The molecule has 0 heterocycles. The molecule has 0 aliphatic carbocycles. The van der Waals surface area contributed by atoms with Crippen LogP contribution in [-0.2, 0) is 16.7 Å². The van der Waals surface area contributed by atoms with Gasteiger partial charge in [0.25, 0.3) is 5.69 Å². The first-order valence-corrected chi connectivity index (χ1v) is 5.16. The number of nitrogens with zero attached hydrogens (tertiary/aromatic N) is 1. The number of rotatable bonds is 3. The molecule has 0 spiro atoms. The Kier molecular flexibility index (Phi) is 3.03. The highest BCUT2D eigenvalue weighted by atomic mass is 32.2. The second-order valence-electron chi connectivity index (χ2n) is 2.69. The average Bonchev–Trinajstić information content (AvgIpc) is 2.15. The zero-order valence-corrected chi connectivity index (χ0v) is 8.14. The number of aliphatic hydroxyl groups excluding tert-OH is 1. The Morgan fingerprint density at radius 3 is 2.40 bits per heavy atom. The fourth-order valence-corrected chi connectivity index (χ4v) is 1.72. The number of hydrogen-bond donors (Lipinski definition) is 2. The second-order valence-corrected chi connectivity index (χ2v) is 4.08. The third kappa shape index (κ3) is 2.49. The third-order valence-electron chi connectivity index (χ3n) is 1.68. The van der Waals surface area contributed by atoms with E-state index >= 15 is 0 Å². The van der Waals surface area contributed by atoms with Crippen LogP contribution in [0.15, 0.2) is 23.1 Å². The van der Waals surface area contributed by atoms with Gasteiger partial charge in [-0.05, 0) is 17.7 Å². The Balaban J connectivity index is 3.50. The Hall–Kier alpha value is -1.51. The maximum absolute atomic E-state index is 10.8. The molecule has 0 fully saturated rings. The number of nitro groups is 1. The lowest BCUT2D eigenvalue weighted by molar-refractivity contribution is -0.387. The van der Waals surface area contributed by atoms with E-state index in [0.29, 0.717) is 0 Å². The first kappa shape index (κ1) is 11.6. The van der Waals surface area contributed by atoms with Crippen molar-refractivity contribution in [2.45, 2.75) is 11.5 Å². The van der Waals surface area contributed by atoms with Gasteiger partial charge in [0.2, 0.25) is 0 Å². The molecule has 0 saturated carbocycles. The molecule has 1 aromatic carbocycles. The van der Waals surface area contributed by atoms with E-state index < -0.39 is 32.2 Å². The zero-order valence-electron chi connectivity index (χ0n) is 7.32. The minimum Gasteiger partial charge on any atom is -0.392 e. The monoisotopic (exact) mass is 233 g/mol. The van der Waals surface area contributed by atoms with Crippen LogP contribution in [0.5, 0.6) is 0 Å². The molecule has 0 saturated heterocycles. The van der Waals surface area contributed by atoms with Crippen LogP contribution in [0.2, 0.25) is 0 Å². The molecular weight excluding hydrogens is 226 g/mol. The van der Waals surface area contributed by atoms with Crippen LogP contribution in [0.3, 0.4) is 0 Å². The molecule has 2 N–H and O–H groups in total. The lowest BCUT2D eigenvalue weighted by Gasteiger charge is -2.01. The van der Waals surface area contributed by atoms with Crippen LogP contribution in [0.25, 0.3) is 0 Å². The highest BCUT2D eigenvalue weighted by molar-refractivity contribution is 7.86. The van der Waals surface area contributed by atoms with Gasteiger partial charge in [0.1, 0.15) is 0 Å². The van der Waals surface area contributed by atoms with Gasteiger partial charge in [0.15, 0.2) is 4.90 Å². The normalized spacial score (nSPS) is 11.3. The van der Waals surface area contributed by atoms with Gasteiger partial charge in [-0.1, -0.05) is 0 Å². The molecule has 0 bridgehead atoms. The molecule has 0 amide bonds. The van der Waals surface area contributed by atoms with E-state index in [1.807, 2.05) is 0 Å². The average molecular weight is 233 g/mol. The quantitative estimate of drug-likeness (QED) is 0.441. The number of benzene rings is 1. The van der Waals surface area contributed by atoms with Crippen molar-refractivity contribution >= 4 is 15.8 Å². The van der Waals surface area contributed by atoms with Gasteiger partial charge < -0.3 is 5.11 Å². The summed E-state index contributed by atoms with van der Waals surface area (Å²) < 4.78 is 30.3. The SMILES string of the molecule is O=[N+]([O-])c1ccc(CO)cc1S(=O)(=O)O. The second kappa shape index (κ2) is 3.93. The molecule has 0 unspecified atom stereocenters. The first-order valence-electron chi connectivity index (χ1n) is 3.72. The first-order chi connectivity index (χ1) is 6.86. The smallest absolute Gasteiger partial charge is 0.301 e. The van der Waals surface area contributed by atoms with Gasteiger partial charge in [-0.25, -0.2) is 0 Å². The summed E-state index contributed by atoms with van der Waals surface area (Å²) in [4.78, 5) is 8.69. The minimum absolute atomic E-state index is 0.160. The van der Waals surface area contributed by atoms with Gasteiger partial charge in [-0.15, -0.1) is 0 Å². The van der Waals surface area contributed by atoms with Crippen LogP contribution in [0, 0.1) is 10.1 Å².